The predicted octanol–water partition coefficient (Wildman–Crippen LogP) is 6.61. The number of hydrogen-bond acceptors (Lipinski definition) is 0. The highest BCUT2D eigenvalue weighted by molar-refractivity contribution is 5.95. The first-order valence-corrected chi connectivity index (χ1v) is 9.58. The molecule has 1 aliphatic carbocycles. The van der Waals surface area contributed by atoms with Crippen LogP contribution in [0.1, 0.15) is 72.4 Å². The van der Waals surface area contributed by atoms with Gasteiger partial charge in [-0.3, -0.25) is 0 Å². The van der Waals surface area contributed by atoms with Crippen LogP contribution in [0.25, 0.3) is 29.0 Å². The molecule has 0 fully saturated rings. The number of allylic oxidation sites excluding steroid dienone is 1. The Morgan fingerprint density at radius 1 is 0.917 bits per heavy atom. The summed E-state index contributed by atoms with van der Waals surface area (Å²) < 4.78 is 0. The van der Waals surface area contributed by atoms with Crippen molar-refractivity contribution in [2.24, 2.45) is 0 Å². The molecule has 0 heteroatoms. The Bertz CT molecular complexity index is 746. The van der Waals surface area contributed by atoms with E-state index in [1.54, 1.807) is 0 Å². The van der Waals surface area contributed by atoms with Gasteiger partial charge >= 0.3 is 0 Å². The summed E-state index contributed by atoms with van der Waals surface area (Å²) in [6, 6.07) is 8.93. The Hall–Kier alpha value is -1.82. The second kappa shape index (κ2) is 12.6. The van der Waals surface area contributed by atoms with E-state index in [9.17, 15) is 0 Å². The second-order valence-electron chi connectivity index (χ2n) is 5.30. The van der Waals surface area contributed by atoms with Crippen LogP contribution in [0.5, 0.6) is 0 Å². The van der Waals surface area contributed by atoms with Gasteiger partial charge in [0.1, 0.15) is 0 Å². The van der Waals surface area contributed by atoms with E-state index in [2.05, 4.69) is 76.3 Å². The molecular weight excluding hydrogens is 288 g/mol. The average Bonchev–Trinajstić information content (AvgIpc) is 2.85. The minimum Gasteiger partial charge on any atom is -0.0801 e. The monoisotopic (exact) mass is 324 g/mol. The summed E-state index contributed by atoms with van der Waals surface area (Å²) in [5, 5.41) is 5.53. The van der Waals surface area contributed by atoms with Crippen molar-refractivity contribution in [3.05, 3.63) is 51.9 Å². The molecule has 132 valence electrons. The topological polar surface area (TPSA) is 0 Å². The largest absolute Gasteiger partial charge is 0.0801 e. The van der Waals surface area contributed by atoms with E-state index in [1.807, 2.05) is 27.7 Å². The summed E-state index contributed by atoms with van der Waals surface area (Å²) in [6.45, 7) is 16.6. The lowest BCUT2D eigenvalue weighted by Crippen LogP contribution is -2.12. The van der Waals surface area contributed by atoms with Gasteiger partial charge < -0.3 is 0 Å². The number of rotatable bonds is 0. The lowest BCUT2D eigenvalue weighted by molar-refractivity contribution is 1.09. The molecule has 2 aromatic carbocycles. The van der Waals surface area contributed by atoms with Crippen LogP contribution in [0.4, 0.5) is 0 Å². The highest BCUT2D eigenvalue weighted by Gasteiger charge is 2.05. The predicted molar refractivity (Wildman–Crippen MR) is 115 cm³/mol. The normalized spacial score (nSPS) is 11.8. The Kier molecular flexibility index (Phi) is 11.6. The van der Waals surface area contributed by atoms with E-state index < -0.39 is 0 Å². The Balaban J connectivity index is 0.000000667. The van der Waals surface area contributed by atoms with Crippen molar-refractivity contribution < 1.29 is 0 Å². The highest BCUT2D eigenvalue weighted by Crippen LogP contribution is 2.19. The first-order chi connectivity index (χ1) is 11.7. The van der Waals surface area contributed by atoms with Gasteiger partial charge in [0.05, 0.1) is 0 Å². The molecule has 3 rings (SSSR count). The fourth-order valence-corrected chi connectivity index (χ4v) is 2.69. The first-order valence-electron chi connectivity index (χ1n) is 9.58. The van der Waals surface area contributed by atoms with Crippen molar-refractivity contribution in [1.82, 2.24) is 0 Å². The highest BCUT2D eigenvalue weighted by atomic mass is 14.1. The van der Waals surface area contributed by atoms with Gasteiger partial charge in [-0.25, -0.2) is 0 Å². The van der Waals surface area contributed by atoms with Crippen molar-refractivity contribution >= 4 is 29.0 Å². The molecule has 0 bridgehead atoms. The summed E-state index contributed by atoms with van der Waals surface area (Å²) in [4.78, 5) is 0. The minimum absolute atomic E-state index is 1.03. The second-order valence-corrected chi connectivity index (χ2v) is 5.30. The fraction of sp³-hybridized carbons (Fsp3) is 0.417. The fourth-order valence-electron chi connectivity index (χ4n) is 2.69. The van der Waals surface area contributed by atoms with Crippen molar-refractivity contribution in [2.45, 2.75) is 68.2 Å². The van der Waals surface area contributed by atoms with Gasteiger partial charge in [0, 0.05) is 0 Å². The molecule has 0 spiro atoms. The SMILES string of the molecule is C/C=c1/ccc2c3c(ccc(C)c13)C=CCC=2.CC.CC.CCC. The summed E-state index contributed by atoms with van der Waals surface area (Å²) in [7, 11) is 0. The molecule has 24 heavy (non-hydrogen) atoms. The minimum atomic E-state index is 1.03. The maximum absolute atomic E-state index is 2.31. The number of aryl methyl sites for hydroxylation is 1. The van der Waals surface area contributed by atoms with Gasteiger partial charge in [-0.15, -0.1) is 0 Å². The molecule has 0 nitrogen and oxygen atoms in total. The van der Waals surface area contributed by atoms with Crippen LogP contribution in [-0.2, 0) is 0 Å². The summed E-state index contributed by atoms with van der Waals surface area (Å²) in [6.07, 6.45) is 11.3. The van der Waals surface area contributed by atoms with Crippen LogP contribution in [0.2, 0.25) is 0 Å². The Morgan fingerprint density at radius 3 is 2.12 bits per heavy atom. The van der Waals surface area contributed by atoms with Gasteiger partial charge in [0.2, 0.25) is 0 Å². The quantitative estimate of drug-likeness (QED) is 0.511. The molecule has 0 amide bonds. The molecule has 0 saturated carbocycles. The summed E-state index contributed by atoms with van der Waals surface area (Å²) >= 11 is 0. The lowest BCUT2D eigenvalue weighted by atomic mass is 9.97. The van der Waals surface area contributed by atoms with Crippen LogP contribution < -0.4 is 10.4 Å². The zero-order chi connectivity index (χ0) is 18.5. The Morgan fingerprint density at radius 2 is 1.54 bits per heavy atom. The van der Waals surface area contributed by atoms with Crippen molar-refractivity contribution in [2.75, 3.05) is 0 Å². The van der Waals surface area contributed by atoms with E-state index in [-0.39, 0.29) is 0 Å². The molecule has 0 radical (unpaired) electrons. The van der Waals surface area contributed by atoms with Gasteiger partial charge in [0.25, 0.3) is 0 Å². The summed E-state index contributed by atoms with van der Waals surface area (Å²) in [5.41, 5.74) is 2.71. The van der Waals surface area contributed by atoms with E-state index in [0.29, 0.717) is 0 Å². The molecule has 2 aromatic rings. The van der Waals surface area contributed by atoms with Crippen LogP contribution in [0, 0.1) is 6.92 Å². The van der Waals surface area contributed by atoms with Gasteiger partial charge in [-0.2, -0.15) is 0 Å². The van der Waals surface area contributed by atoms with E-state index in [1.165, 1.54) is 38.8 Å². The van der Waals surface area contributed by atoms with Gasteiger partial charge in [0.15, 0.2) is 0 Å². The van der Waals surface area contributed by atoms with Crippen LogP contribution in [0.15, 0.2) is 30.3 Å². The third kappa shape index (κ3) is 5.37. The van der Waals surface area contributed by atoms with E-state index >= 15 is 0 Å². The molecular formula is C24H36. The third-order valence-corrected chi connectivity index (χ3v) is 3.55. The first kappa shape index (κ1) is 22.2. The summed E-state index contributed by atoms with van der Waals surface area (Å²) in [5.74, 6) is 0. The molecule has 0 saturated heterocycles. The lowest BCUT2D eigenvalue weighted by Gasteiger charge is -2.07. The number of hydrogen-bond donors (Lipinski definition) is 0. The molecule has 0 N–H and O–H groups in total. The zero-order valence-corrected chi connectivity index (χ0v) is 17.0. The standard InChI is InChI=1S/C17H16.C3H8.2C2H6/c1-3-13-10-11-15-7-5-4-6-14-9-8-12(2)16(13)17(14)15;1-3-2;2*1-2/h3-4,6-11H,5H2,1-2H3;3H2,1-2H3;2*1-2H3/b13-3-;;;. The van der Waals surface area contributed by atoms with Crippen molar-refractivity contribution in [3.8, 4) is 0 Å². The maximum Gasteiger partial charge on any atom is -0.00335 e. The number of benzene rings is 2. The molecule has 0 atom stereocenters. The Labute approximate surface area is 149 Å². The maximum atomic E-state index is 2.31. The van der Waals surface area contributed by atoms with Crippen LogP contribution in [0.3, 0.4) is 0 Å². The smallest absolute Gasteiger partial charge is 0.00335 e. The molecule has 0 unspecified atom stereocenters. The average molecular weight is 325 g/mol. The van der Waals surface area contributed by atoms with Gasteiger partial charge in [-0.05, 0) is 52.6 Å². The molecule has 0 aliphatic heterocycles. The van der Waals surface area contributed by atoms with Crippen molar-refractivity contribution in [3.63, 3.8) is 0 Å². The van der Waals surface area contributed by atoms with Gasteiger partial charge in [-0.1, -0.05) is 96.5 Å². The van der Waals surface area contributed by atoms with E-state index in [0.717, 1.165) is 6.42 Å². The molecule has 1 aliphatic rings. The zero-order valence-electron chi connectivity index (χ0n) is 17.0. The van der Waals surface area contributed by atoms with Crippen LogP contribution in [-0.4, -0.2) is 0 Å². The van der Waals surface area contributed by atoms with Crippen molar-refractivity contribution in [1.29, 1.82) is 0 Å². The molecule has 0 aromatic heterocycles. The van der Waals surface area contributed by atoms with Crippen LogP contribution >= 0.6 is 0 Å². The van der Waals surface area contributed by atoms with E-state index in [4.69, 9.17) is 0 Å². The molecule has 0 heterocycles. The third-order valence-electron chi connectivity index (χ3n) is 3.55.